The molecule has 1 unspecified atom stereocenters. The highest BCUT2D eigenvalue weighted by Gasteiger charge is 2.39. The van der Waals surface area contributed by atoms with Crippen LogP contribution in [0.3, 0.4) is 0 Å². The van der Waals surface area contributed by atoms with E-state index in [-0.39, 0.29) is 24.3 Å². The number of imide groups is 1. The average Bonchev–Trinajstić information content (AvgIpc) is 3.33. The maximum Gasteiger partial charge on any atom is 0.410 e. The van der Waals surface area contributed by atoms with Crippen molar-refractivity contribution in [3.05, 3.63) is 34.9 Å². The number of piperazine rings is 1. The molecule has 0 aromatic heterocycles. The molecule has 1 N–H and O–H groups in total. The molecule has 10 nitrogen and oxygen atoms in total. The lowest BCUT2D eigenvalue weighted by atomic mass is 10.0. The second kappa shape index (κ2) is 14.1. The molecule has 1 atom stereocenters. The van der Waals surface area contributed by atoms with Gasteiger partial charge in [0.15, 0.2) is 0 Å². The maximum absolute atomic E-state index is 13.0. The molecule has 4 heterocycles. The number of nitrogens with one attached hydrogen (secondary N) is 1. The van der Waals surface area contributed by atoms with Crippen LogP contribution in [-0.2, 0) is 20.9 Å². The van der Waals surface area contributed by atoms with E-state index < -0.39 is 17.6 Å². The molecule has 0 aliphatic carbocycles. The van der Waals surface area contributed by atoms with Gasteiger partial charge in [0.2, 0.25) is 11.8 Å². The first-order valence-electron chi connectivity index (χ1n) is 16.3. The smallest absolute Gasteiger partial charge is 0.410 e. The molecule has 4 aliphatic rings. The fraction of sp³-hybridized carbons (Fsp3) is 0.647. The van der Waals surface area contributed by atoms with Crippen molar-refractivity contribution in [2.45, 2.75) is 96.4 Å². The lowest BCUT2D eigenvalue weighted by molar-refractivity contribution is -0.136. The summed E-state index contributed by atoms with van der Waals surface area (Å²) in [6.45, 7) is 13.1. The third-order valence-electron chi connectivity index (χ3n) is 9.12. The van der Waals surface area contributed by atoms with Gasteiger partial charge in [-0.3, -0.25) is 24.6 Å². The van der Waals surface area contributed by atoms with Crippen LogP contribution >= 0.6 is 0 Å². The van der Waals surface area contributed by atoms with Gasteiger partial charge >= 0.3 is 6.09 Å². The molecule has 4 amide bonds. The largest absolute Gasteiger partial charge is 0.444 e. The average molecular weight is 606 g/mol. The van der Waals surface area contributed by atoms with Gasteiger partial charge in [0.1, 0.15) is 11.6 Å². The van der Waals surface area contributed by atoms with Gasteiger partial charge in [0.05, 0.1) is 0 Å². The van der Waals surface area contributed by atoms with E-state index in [9.17, 15) is 19.2 Å². The Morgan fingerprint density at radius 3 is 2.43 bits per heavy atom. The molecule has 44 heavy (non-hydrogen) atoms. The topological polar surface area (TPSA) is 102 Å². The third-order valence-corrected chi connectivity index (χ3v) is 9.12. The second-order valence-corrected chi connectivity index (χ2v) is 13.4. The van der Waals surface area contributed by atoms with Gasteiger partial charge in [-0.2, -0.15) is 0 Å². The van der Waals surface area contributed by atoms with Crippen LogP contribution in [0.1, 0.15) is 93.6 Å². The minimum absolute atomic E-state index is 0.164. The number of unbranched alkanes of at least 4 members (excludes halogenated alkanes) is 3. The molecule has 0 saturated carbocycles. The van der Waals surface area contributed by atoms with Gasteiger partial charge in [0.25, 0.3) is 5.91 Å². The lowest BCUT2D eigenvalue weighted by Gasteiger charge is -2.42. The van der Waals surface area contributed by atoms with E-state index in [4.69, 9.17) is 4.74 Å². The van der Waals surface area contributed by atoms with E-state index in [0.717, 1.165) is 95.5 Å². The summed E-state index contributed by atoms with van der Waals surface area (Å²) in [4.78, 5) is 57.8. The number of carbonyl (C=O) groups is 4. The predicted octanol–water partition coefficient (Wildman–Crippen LogP) is 3.38. The lowest BCUT2D eigenvalue weighted by Crippen LogP contribution is -2.54. The number of hydrogen-bond donors (Lipinski definition) is 1. The van der Waals surface area contributed by atoms with Gasteiger partial charge in [-0.25, -0.2) is 4.79 Å². The van der Waals surface area contributed by atoms with Crippen LogP contribution in [0, 0.1) is 11.8 Å². The summed E-state index contributed by atoms with van der Waals surface area (Å²) in [5.41, 5.74) is 1.88. The Balaban J connectivity index is 0.977. The Hall–Kier alpha value is -3.42. The van der Waals surface area contributed by atoms with Crippen molar-refractivity contribution in [3.63, 3.8) is 0 Å². The van der Waals surface area contributed by atoms with Gasteiger partial charge < -0.3 is 19.4 Å². The summed E-state index contributed by atoms with van der Waals surface area (Å²) < 4.78 is 5.54. The van der Waals surface area contributed by atoms with Crippen LogP contribution in [0.15, 0.2) is 18.2 Å². The third kappa shape index (κ3) is 7.99. The first kappa shape index (κ1) is 32.0. The molecule has 3 saturated heterocycles. The number of amides is 4. The van der Waals surface area contributed by atoms with Crippen molar-refractivity contribution in [2.24, 2.45) is 0 Å². The molecule has 3 fully saturated rings. The van der Waals surface area contributed by atoms with Crippen molar-refractivity contribution in [3.8, 4) is 11.8 Å². The van der Waals surface area contributed by atoms with Crippen molar-refractivity contribution in [2.75, 3.05) is 45.8 Å². The number of likely N-dealkylation sites (tertiary alicyclic amines) is 1. The van der Waals surface area contributed by atoms with Crippen LogP contribution in [-0.4, -0.2) is 107 Å². The molecule has 10 heteroatoms. The van der Waals surface area contributed by atoms with E-state index in [1.165, 1.54) is 0 Å². The number of hydrogen-bond acceptors (Lipinski definition) is 7. The summed E-state index contributed by atoms with van der Waals surface area (Å²) >= 11 is 0. The summed E-state index contributed by atoms with van der Waals surface area (Å²) in [5, 5.41) is 2.35. The van der Waals surface area contributed by atoms with Crippen LogP contribution in [0.4, 0.5) is 4.79 Å². The second-order valence-electron chi connectivity index (χ2n) is 13.4. The Kier molecular flexibility index (Phi) is 10.3. The van der Waals surface area contributed by atoms with Gasteiger partial charge in [-0.05, 0) is 77.1 Å². The summed E-state index contributed by atoms with van der Waals surface area (Å²) in [7, 11) is 0. The van der Waals surface area contributed by atoms with E-state index in [2.05, 4.69) is 27.0 Å². The van der Waals surface area contributed by atoms with E-state index in [1.54, 1.807) is 11.0 Å². The molecule has 4 aliphatic heterocycles. The zero-order valence-corrected chi connectivity index (χ0v) is 26.5. The Labute approximate surface area is 261 Å². The highest BCUT2D eigenvalue weighted by Crippen LogP contribution is 2.29. The zero-order valence-electron chi connectivity index (χ0n) is 26.5. The quantitative estimate of drug-likeness (QED) is 0.289. The van der Waals surface area contributed by atoms with E-state index in [0.29, 0.717) is 24.6 Å². The number of benzene rings is 1. The predicted molar refractivity (Wildman–Crippen MR) is 167 cm³/mol. The summed E-state index contributed by atoms with van der Waals surface area (Å²) in [5.74, 6) is 5.73. The highest BCUT2D eigenvalue weighted by atomic mass is 16.6. The van der Waals surface area contributed by atoms with Gasteiger partial charge in [0, 0.05) is 75.8 Å². The zero-order chi connectivity index (χ0) is 31.3. The molecule has 1 aromatic carbocycles. The SMILES string of the molecule is CC(C)(C)OC(=O)N1CCC(N2CCN(CCCCCC#Cc3cccc4c3CN(C3CCC(=O)NC3=O)C4=O)CC2)CC1. The fourth-order valence-electron chi connectivity index (χ4n) is 6.68. The highest BCUT2D eigenvalue weighted by molar-refractivity contribution is 6.05. The van der Waals surface area contributed by atoms with Crippen molar-refractivity contribution >= 4 is 23.8 Å². The molecule has 1 aromatic rings. The summed E-state index contributed by atoms with van der Waals surface area (Å²) in [6.07, 6.45) is 6.59. The van der Waals surface area contributed by atoms with Crippen LogP contribution in [0.2, 0.25) is 0 Å². The molecule has 0 radical (unpaired) electrons. The Morgan fingerprint density at radius 1 is 0.977 bits per heavy atom. The Bertz CT molecular complexity index is 1300. The minimum atomic E-state index is -0.611. The normalized spacial score (nSPS) is 22.0. The van der Waals surface area contributed by atoms with Crippen LogP contribution < -0.4 is 5.32 Å². The van der Waals surface area contributed by atoms with E-state index in [1.807, 2.05) is 37.8 Å². The number of fused-ring (bicyclic) bond motifs is 1. The fourth-order valence-corrected chi connectivity index (χ4v) is 6.68. The van der Waals surface area contributed by atoms with Crippen LogP contribution in [0.25, 0.3) is 0 Å². The van der Waals surface area contributed by atoms with Crippen molar-refractivity contribution < 1.29 is 23.9 Å². The van der Waals surface area contributed by atoms with Gasteiger partial charge in [-0.1, -0.05) is 24.3 Å². The molecular weight excluding hydrogens is 558 g/mol. The first-order chi connectivity index (χ1) is 21.1. The van der Waals surface area contributed by atoms with Crippen molar-refractivity contribution in [1.82, 2.24) is 24.9 Å². The first-order valence-corrected chi connectivity index (χ1v) is 16.3. The molecule has 0 spiro atoms. The number of ether oxygens (including phenoxy) is 1. The van der Waals surface area contributed by atoms with E-state index >= 15 is 0 Å². The molecular formula is C34H47N5O5. The van der Waals surface area contributed by atoms with Crippen molar-refractivity contribution in [1.29, 1.82) is 0 Å². The van der Waals surface area contributed by atoms with Gasteiger partial charge in [-0.15, -0.1) is 0 Å². The molecule has 0 bridgehead atoms. The monoisotopic (exact) mass is 605 g/mol. The number of carbonyl (C=O) groups excluding carboxylic acids is 4. The summed E-state index contributed by atoms with van der Waals surface area (Å²) in [6, 6.07) is 5.53. The Morgan fingerprint density at radius 2 is 1.73 bits per heavy atom. The van der Waals surface area contributed by atoms with Crippen LogP contribution in [0.5, 0.6) is 0 Å². The standard InChI is InChI=1S/C34H47N5O5/c1-34(2,3)44-33(43)38-18-15-26(16-19-38)37-22-20-36(21-23-37)17-8-6-4-5-7-10-25-11-9-12-27-28(25)24-39(32(27)42)29-13-14-30(40)35-31(29)41/h9,11-12,26,29H,4-6,8,13-24H2,1-3H3,(H,35,40,41). The number of nitrogens with zero attached hydrogens (tertiary/aromatic N) is 4. The molecule has 5 rings (SSSR count). The number of piperidine rings is 2. The minimum Gasteiger partial charge on any atom is -0.444 e. The maximum atomic E-state index is 13.0. The number of rotatable bonds is 7. The molecule has 238 valence electrons.